The molecule has 1 N–H and O–H groups in total. The molecule has 0 radical (unpaired) electrons. The molecule has 0 atom stereocenters. The van der Waals surface area contributed by atoms with Gasteiger partial charge in [0.05, 0.1) is 17.7 Å². The number of pyridine rings is 1. The Bertz CT molecular complexity index is 1400. The van der Waals surface area contributed by atoms with Crippen molar-refractivity contribution >= 4 is 22.6 Å². The van der Waals surface area contributed by atoms with Gasteiger partial charge in [-0.1, -0.05) is 29.4 Å². The van der Waals surface area contributed by atoms with Gasteiger partial charge >= 0.3 is 5.97 Å². The van der Waals surface area contributed by atoms with Crippen LogP contribution < -0.4 is 10.3 Å². The molecule has 2 aromatic carbocycles. The van der Waals surface area contributed by atoms with E-state index in [9.17, 15) is 14.7 Å². The van der Waals surface area contributed by atoms with Gasteiger partial charge in [-0.15, -0.1) is 0 Å². The van der Waals surface area contributed by atoms with E-state index in [0.29, 0.717) is 30.8 Å². The minimum atomic E-state index is -1.30. The number of halogens is 1. The van der Waals surface area contributed by atoms with Crippen LogP contribution in [0.15, 0.2) is 52.5 Å². The molecule has 1 aliphatic heterocycles. The average molecular weight is 477 g/mol. The SMILES string of the molecule is [N-]=[N+]=NCc1cccc(CN2CCN(c3cc4c(cc3F)c(=O)c(C(=O)O)cn4C3CC3)CC2)c1. The molecule has 1 aromatic heterocycles. The number of aromatic carboxylic acids is 1. The van der Waals surface area contributed by atoms with Crippen molar-refractivity contribution in [1.29, 1.82) is 0 Å². The van der Waals surface area contributed by atoms with Gasteiger partial charge in [-0.3, -0.25) is 9.69 Å². The number of nitrogens with zero attached hydrogens (tertiary/aromatic N) is 6. The normalized spacial score (nSPS) is 16.3. The molecular formula is C25H25FN6O3. The molecule has 5 rings (SSSR count). The first kappa shape index (κ1) is 22.9. The lowest BCUT2D eigenvalue weighted by Crippen LogP contribution is -2.46. The maximum absolute atomic E-state index is 15.2. The van der Waals surface area contributed by atoms with Gasteiger partial charge in [-0.25, -0.2) is 9.18 Å². The van der Waals surface area contributed by atoms with Gasteiger partial charge in [-0.05, 0) is 41.6 Å². The van der Waals surface area contributed by atoms with Crippen LogP contribution in [-0.2, 0) is 13.1 Å². The fourth-order valence-corrected chi connectivity index (χ4v) is 4.75. The van der Waals surface area contributed by atoms with Crippen LogP contribution in [0.2, 0.25) is 0 Å². The van der Waals surface area contributed by atoms with Gasteiger partial charge in [0.15, 0.2) is 0 Å². The van der Waals surface area contributed by atoms with Gasteiger partial charge in [0.25, 0.3) is 0 Å². The molecule has 180 valence electrons. The summed E-state index contributed by atoms with van der Waals surface area (Å²) in [4.78, 5) is 31.3. The first-order valence-electron chi connectivity index (χ1n) is 11.6. The molecular weight excluding hydrogens is 451 g/mol. The summed E-state index contributed by atoms with van der Waals surface area (Å²) in [7, 11) is 0. The van der Waals surface area contributed by atoms with E-state index in [1.54, 1.807) is 6.07 Å². The van der Waals surface area contributed by atoms with Crippen molar-refractivity contribution in [1.82, 2.24) is 9.47 Å². The summed E-state index contributed by atoms with van der Waals surface area (Å²) in [6, 6.07) is 11.0. The summed E-state index contributed by atoms with van der Waals surface area (Å²) < 4.78 is 17.0. The maximum Gasteiger partial charge on any atom is 0.341 e. The smallest absolute Gasteiger partial charge is 0.341 e. The van der Waals surface area contributed by atoms with Crippen molar-refractivity contribution in [3.05, 3.63) is 85.8 Å². The molecule has 1 saturated heterocycles. The number of piperazine rings is 1. The van der Waals surface area contributed by atoms with Gasteiger partial charge < -0.3 is 14.6 Å². The molecule has 0 unspecified atom stereocenters. The molecule has 2 heterocycles. The second kappa shape index (κ2) is 9.40. The lowest BCUT2D eigenvalue weighted by Gasteiger charge is -2.36. The standard InChI is InChI=1S/C25H25FN6O3/c26-21-11-19-22(32(18-4-5-18)15-20(24(19)33)25(34)35)12-23(21)31-8-6-30(7-9-31)14-17-3-1-2-16(10-17)13-28-29-27/h1-3,10-12,15,18H,4-9,13-14H2,(H,34,35). The van der Waals surface area contributed by atoms with E-state index in [-0.39, 0.29) is 17.0 Å². The summed E-state index contributed by atoms with van der Waals surface area (Å²) in [6.07, 6.45) is 3.22. The first-order valence-corrected chi connectivity index (χ1v) is 11.6. The number of azide groups is 1. The number of rotatable bonds is 7. The minimum Gasteiger partial charge on any atom is -0.477 e. The lowest BCUT2D eigenvalue weighted by molar-refractivity contribution is 0.0695. The zero-order valence-electron chi connectivity index (χ0n) is 19.1. The van der Waals surface area contributed by atoms with Crippen LogP contribution in [-0.4, -0.2) is 46.7 Å². The zero-order valence-corrected chi connectivity index (χ0v) is 19.1. The Morgan fingerprint density at radius 3 is 2.57 bits per heavy atom. The first-order chi connectivity index (χ1) is 16.9. The highest BCUT2D eigenvalue weighted by Crippen LogP contribution is 2.38. The molecule has 0 spiro atoms. The summed E-state index contributed by atoms with van der Waals surface area (Å²) in [5.74, 6) is -1.81. The zero-order chi connectivity index (χ0) is 24.5. The van der Waals surface area contributed by atoms with Crippen LogP contribution in [0.4, 0.5) is 10.1 Å². The summed E-state index contributed by atoms with van der Waals surface area (Å²) in [5.41, 5.74) is 10.7. The number of carbonyl (C=O) groups is 1. The Hall–Kier alpha value is -3.88. The molecule has 9 nitrogen and oxygen atoms in total. The fourth-order valence-electron chi connectivity index (χ4n) is 4.75. The van der Waals surface area contributed by atoms with Crippen molar-refractivity contribution in [3.63, 3.8) is 0 Å². The van der Waals surface area contributed by atoms with Crippen molar-refractivity contribution < 1.29 is 14.3 Å². The quantitative estimate of drug-likeness (QED) is 0.310. The Labute approximate surface area is 200 Å². The highest BCUT2D eigenvalue weighted by Gasteiger charge is 2.28. The monoisotopic (exact) mass is 476 g/mol. The van der Waals surface area contributed by atoms with Crippen LogP contribution >= 0.6 is 0 Å². The third kappa shape index (κ3) is 4.71. The van der Waals surface area contributed by atoms with E-state index >= 15 is 4.39 Å². The van der Waals surface area contributed by atoms with E-state index in [2.05, 4.69) is 14.9 Å². The Morgan fingerprint density at radius 1 is 1.14 bits per heavy atom. The predicted molar refractivity (Wildman–Crippen MR) is 130 cm³/mol. The molecule has 3 aromatic rings. The van der Waals surface area contributed by atoms with Gasteiger partial charge in [0.1, 0.15) is 11.4 Å². The molecule has 1 saturated carbocycles. The average Bonchev–Trinajstić information content (AvgIpc) is 3.69. The highest BCUT2D eigenvalue weighted by molar-refractivity contribution is 5.93. The van der Waals surface area contributed by atoms with E-state index in [1.807, 2.05) is 33.7 Å². The Morgan fingerprint density at radius 2 is 1.89 bits per heavy atom. The van der Waals surface area contributed by atoms with Crippen molar-refractivity contribution in [3.8, 4) is 0 Å². The number of hydrogen-bond donors (Lipinski definition) is 1. The van der Waals surface area contributed by atoms with Crippen molar-refractivity contribution in [2.75, 3.05) is 31.1 Å². The number of carboxylic acids is 1. The molecule has 2 fully saturated rings. The molecule has 0 amide bonds. The Balaban J connectivity index is 1.36. The Kier molecular flexibility index (Phi) is 6.15. The number of benzene rings is 2. The number of fused-ring (bicyclic) bond motifs is 1. The summed E-state index contributed by atoms with van der Waals surface area (Å²) >= 11 is 0. The van der Waals surface area contributed by atoms with Gasteiger partial charge in [-0.2, -0.15) is 0 Å². The van der Waals surface area contributed by atoms with E-state index in [1.165, 1.54) is 12.3 Å². The number of hydrogen-bond acceptors (Lipinski definition) is 5. The van der Waals surface area contributed by atoms with Crippen LogP contribution in [0, 0.1) is 5.82 Å². The lowest BCUT2D eigenvalue weighted by atomic mass is 10.1. The van der Waals surface area contributed by atoms with Crippen LogP contribution in [0.3, 0.4) is 0 Å². The topological polar surface area (TPSA) is 115 Å². The maximum atomic E-state index is 15.2. The minimum absolute atomic E-state index is 0.109. The third-order valence-corrected chi connectivity index (χ3v) is 6.70. The largest absolute Gasteiger partial charge is 0.477 e. The fraction of sp³-hybridized carbons (Fsp3) is 0.360. The van der Waals surface area contributed by atoms with E-state index in [4.69, 9.17) is 5.53 Å². The highest BCUT2D eigenvalue weighted by atomic mass is 19.1. The van der Waals surface area contributed by atoms with Crippen molar-refractivity contribution in [2.45, 2.75) is 32.0 Å². The molecule has 10 heteroatoms. The third-order valence-electron chi connectivity index (χ3n) is 6.70. The molecule has 35 heavy (non-hydrogen) atoms. The number of carboxylic acid groups (broad SMARTS) is 1. The van der Waals surface area contributed by atoms with E-state index in [0.717, 1.165) is 43.6 Å². The van der Waals surface area contributed by atoms with Gasteiger partial charge in [0, 0.05) is 55.3 Å². The second-order valence-corrected chi connectivity index (χ2v) is 9.11. The van der Waals surface area contributed by atoms with Crippen LogP contribution in [0.1, 0.15) is 40.4 Å². The van der Waals surface area contributed by atoms with Crippen LogP contribution in [0.25, 0.3) is 21.3 Å². The number of anilines is 1. The molecule has 0 bridgehead atoms. The van der Waals surface area contributed by atoms with Crippen LogP contribution in [0.5, 0.6) is 0 Å². The molecule has 1 aliphatic carbocycles. The second-order valence-electron chi connectivity index (χ2n) is 9.11. The predicted octanol–water partition coefficient (Wildman–Crippen LogP) is 4.31. The summed E-state index contributed by atoms with van der Waals surface area (Å²) in [5, 5.41) is 13.2. The number of aromatic nitrogens is 1. The summed E-state index contributed by atoms with van der Waals surface area (Å²) in [6.45, 7) is 3.80. The molecule has 2 aliphatic rings. The van der Waals surface area contributed by atoms with Crippen molar-refractivity contribution in [2.24, 2.45) is 5.11 Å². The van der Waals surface area contributed by atoms with Gasteiger partial charge in [0.2, 0.25) is 5.43 Å². The van der Waals surface area contributed by atoms with E-state index < -0.39 is 17.2 Å².